The Labute approximate surface area is 168 Å². The van der Waals surface area contributed by atoms with Crippen molar-refractivity contribution in [3.63, 3.8) is 0 Å². The number of carbonyl (C=O) groups excluding carboxylic acids is 1. The van der Waals surface area contributed by atoms with Gasteiger partial charge in [-0.2, -0.15) is 13.2 Å². The molecule has 29 heavy (non-hydrogen) atoms. The third-order valence-corrected chi connectivity index (χ3v) is 5.29. The number of amides is 1. The van der Waals surface area contributed by atoms with Crippen LogP contribution >= 0.6 is 0 Å². The van der Waals surface area contributed by atoms with E-state index in [0.717, 1.165) is 50.4 Å². The van der Waals surface area contributed by atoms with Gasteiger partial charge in [0.05, 0.1) is 12.1 Å². The smallest absolute Gasteiger partial charge is 0.334 e. The molecule has 1 aliphatic heterocycles. The molecule has 1 aliphatic rings. The summed E-state index contributed by atoms with van der Waals surface area (Å²) < 4.78 is 40.0. The molecule has 0 unspecified atom stereocenters. The summed E-state index contributed by atoms with van der Waals surface area (Å²) in [6, 6.07) is 4.51. The SMILES string of the molecule is CC(C)c1nccn1CC1CCN(CC(=O)Nc2ccc(C(F)(F)F)cc2)CC1. The molecular weight excluding hydrogens is 381 g/mol. The highest BCUT2D eigenvalue weighted by Crippen LogP contribution is 2.29. The van der Waals surface area contributed by atoms with Crippen molar-refractivity contribution in [2.75, 3.05) is 25.0 Å². The summed E-state index contributed by atoms with van der Waals surface area (Å²) in [5, 5.41) is 2.68. The van der Waals surface area contributed by atoms with Gasteiger partial charge in [0.2, 0.25) is 5.91 Å². The third-order valence-electron chi connectivity index (χ3n) is 5.29. The molecule has 3 rings (SSSR count). The lowest BCUT2D eigenvalue weighted by Gasteiger charge is -2.32. The molecule has 0 aliphatic carbocycles. The van der Waals surface area contributed by atoms with E-state index in [9.17, 15) is 18.0 Å². The Morgan fingerprint density at radius 1 is 1.21 bits per heavy atom. The topological polar surface area (TPSA) is 50.2 Å². The van der Waals surface area contributed by atoms with Gasteiger partial charge in [0.15, 0.2) is 0 Å². The molecule has 0 spiro atoms. The molecule has 1 fully saturated rings. The minimum absolute atomic E-state index is 0.208. The van der Waals surface area contributed by atoms with Gasteiger partial charge < -0.3 is 9.88 Å². The summed E-state index contributed by atoms with van der Waals surface area (Å²) in [4.78, 5) is 18.8. The van der Waals surface area contributed by atoms with Crippen LogP contribution < -0.4 is 5.32 Å². The van der Waals surface area contributed by atoms with Crippen molar-refractivity contribution in [2.24, 2.45) is 5.92 Å². The third kappa shape index (κ3) is 5.82. The van der Waals surface area contributed by atoms with Crippen molar-refractivity contribution in [1.29, 1.82) is 0 Å². The number of imidazole rings is 1. The minimum atomic E-state index is -4.38. The van der Waals surface area contributed by atoms with Crippen LogP contribution in [0.1, 0.15) is 44.0 Å². The van der Waals surface area contributed by atoms with Crippen LogP contribution in [-0.4, -0.2) is 40.0 Å². The number of rotatable bonds is 6. The van der Waals surface area contributed by atoms with Crippen molar-refractivity contribution in [3.8, 4) is 0 Å². The first-order chi connectivity index (χ1) is 13.7. The first-order valence-corrected chi connectivity index (χ1v) is 9.93. The zero-order valence-corrected chi connectivity index (χ0v) is 16.7. The largest absolute Gasteiger partial charge is 0.416 e. The first kappa shape index (κ1) is 21.4. The van der Waals surface area contributed by atoms with E-state index in [2.05, 4.69) is 33.6 Å². The van der Waals surface area contributed by atoms with Crippen molar-refractivity contribution >= 4 is 11.6 Å². The van der Waals surface area contributed by atoms with Gasteiger partial charge >= 0.3 is 6.18 Å². The van der Waals surface area contributed by atoms with Gasteiger partial charge in [-0.1, -0.05) is 13.8 Å². The van der Waals surface area contributed by atoms with E-state index >= 15 is 0 Å². The van der Waals surface area contributed by atoms with E-state index < -0.39 is 11.7 Å². The fourth-order valence-electron chi connectivity index (χ4n) is 3.73. The number of carbonyl (C=O) groups is 1. The van der Waals surface area contributed by atoms with Crippen molar-refractivity contribution in [3.05, 3.63) is 48.0 Å². The van der Waals surface area contributed by atoms with Crippen LogP contribution in [-0.2, 0) is 17.5 Å². The second-order valence-corrected chi connectivity index (χ2v) is 7.94. The molecule has 0 bridgehead atoms. The van der Waals surface area contributed by atoms with Crippen LogP contribution in [0.3, 0.4) is 0 Å². The number of hydrogen-bond donors (Lipinski definition) is 1. The van der Waals surface area contributed by atoms with Crippen molar-refractivity contribution < 1.29 is 18.0 Å². The molecular formula is C21H27F3N4O. The van der Waals surface area contributed by atoms with Gasteiger partial charge in [0, 0.05) is 30.5 Å². The predicted octanol–water partition coefficient (Wildman–Crippen LogP) is 4.38. The molecule has 1 saturated heterocycles. The fraction of sp³-hybridized carbons (Fsp3) is 0.524. The molecule has 0 radical (unpaired) electrons. The Balaban J connectivity index is 1.44. The molecule has 2 heterocycles. The van der Waals surface area contributed by atoms with Crippen LogP contribution in [0.5, 0.6) is 0 Å². The number of likely N-dealkylation sites (tertiary alicyclic amines) is 1. The van der Waals surface area contributed by atoms with Crippen LogP contribution in [0.2, 0.25) is 0 Å². The fourth-order valence-corrected chi connectivity index (χ4v) is 3.73. The number of halogens is 3. The average Bonchev–Trinajstić information content (AvgIpc) is 3.11. The highest BCUT2D eigenvalue weighted by atomic mass is 19.4. The minimum Gasteiger partial charge on any atom is -0.334 e. The maximum Gasteiger partial charge on any atom is 0.416 e. The Hall–Kier alpha value is -2.35. The number of benzene rings is 1. The summed E-state index contributed by atoms with van der Waals surface area (Å²) in [6.45, 7) is 7.12. The van der Waals surface area contributed by atoms with Crippen LogP contribution in [0.25, 0.3) is 0 Å². The molecule has 0 saturated carbocycles. The second-order valence-electron chi connectivity index (χ2n) is 7.94. The van der Waals surface area contributed by atoms with Crippen molar-refractivity contribution in [1.82, 2.24) is 14.5 Å². The lowest BCUT2D eigenvalue weighted by molar-refractivity contribution is -0.137. The Morgan fingerprint density at radius 3 is 2.45 bits per heavy atom. The highest BCUT2D eigenvalue weighted by molar-refractivity contribution is 5.92. The lowest BCUT2D eigenvalue weighted by atomic mass is 9.96. The van der Waals surface area contributed by atoms with Gasteiger partial charge in [0.1, 0.15) is 5.82 Å². The molecule has 2 aromatic rings. The number of alkyl halides is 3. The van der Waals surface area contributed by atoms with Crippen LogP contribution in [0.15, 0.2) is 36.7 Å². The molecule has 0 atom stereocenters. The number of anilines is 1. The zero-order chi connectivity index (χ0) is 21.0. The first-order valence-electron chi connectivity index (χ1n) is 9.93. The summed E-state index contributed by atoms with van der Waals surface area (Å²) in [7, 11) is 0. The second kappa shape index (κ2) is 8.98. The maximum atomic E-state index is 12.6. The Kier molecular flexibility index (Phi) is 6.62. The number of nitrogens with one attached hydrogen (secondary N) is 1. The molecule has 5 nitrogen and oxygen atoms in total. The molecule has 1 aromatic carbocycles. The molecule has 158 valence electrons. The lowest BCUT2D eigenvalue weighted by Crippen LogP contribution is -2.40. The van der Waals surface area contributed by atoms with E-state index in [1.165, 1.54) is 12.1 Å². The number of nitrogens with zero attached hydrogens (tertiary/aromatic N) is 3. The van der Waals surface area contributed by atoms with Gasteiger partial charge in [0.25, 0.3) is 0 Å². The Bertz CT molecular complexity index is 806. The van der Waals surface area contributed by atoms with Gasteiger partial charge in [-0.05, 0) is 56.1 Å². The predicted molar refractivity (Wildman–Crippen MR) is 106 cm³/mol. The van der Waals surface area contributed by atoms with E-state index in [4.69, 9.17) is 0 Å². The molecule has 1 amide bonds. The summed E-state index contributed by atoms with van der Waals surface area (Å²) >= 11 is 0. The van der Waals surface area contributed by atoms with E-state index in [1.54, 1.807) is 0 Å². The van der Waals surface area contributed by atoms with Crippen LogP contribution in [0.4, 0.5) is 18.9 Å². The standard InChI is InChI=1S/C21H27F3N4O/c1-15(2)20-25-9-12-28(20)13-16-7-10-27(11-8-16)14-19(29)26-18-5-3-17(4-6-18)21(22,23)24/h3-6,9,12,15-16H,7-8,10-11,13-14H2,1-2H3,(H,26,29). The number of hydrogen-bond acceptors (Lipinski definition) is 3. The summed E-state index contributed by atoms with van der Waals surface area (Å²) in [6.07, 6.45) is 1.50. The molecule has 1 N–H and O–H groups in total. The zero-order valence-electron chi connectivity index (χ0n) is 16.7. The summed E-state index contributed by atoms with van der Waals surface area (Å²) in [5.41, 5.74) is -0.352. The van der Waals surface area contributed by atoms with Gasteiger partial charge in [-0.25, -0.2) is 4.98 Å². The quantitative estimate of drug-likeness (QED) is 0.772. The Morgan fingerprint density at radius 2 is 1.86 bits per heavy atom. The van der Waals surface area contributed by atoms with Gasteiger partial charge in [-0.15, -0.1) is 0 Å². The van der Waals surface area contributed by atoms with Crippen LogP contribution in [0, 0.1) is 5.92 Å². The average molecular weight is 408 g/mol. The number of piperidine rings is 1. The van der Waals surface area contributed by atoms with E-state index in [0.29, 0.717) is 17.5 Å². The monoisotopic (exact) mass is 408 g/mol. The number of aromatic nitrogens is 2. The van der Waals surface area contributed by atoms with E-state index in [1.807, 2.05) is 12.4 Å². The molecule has 1 aromatic heterocycles. The maximum absolute atomic E-state index is 12.6. The normalized spacial score (nSPS) is 16.3. The van der Waals surface area contributed by atoms with Gasteiger partial charge in [-0.3, -0.25) is 9.69 Å². The molecule has 8 heteroatoms. The van der Waals surface area contributed by atoms with Crippen molar-refractivity contribution in [2.45, 2.75) is 45.3 Å². The summed E-state index contributed by atoms with van der Waals surface area (Å²) in [5.74, 6) is 1.83. The highest BCUT2D eigenvalue weighted by Gasteiger charge is 2.30. The van der Waals surface area contributed by atoms with E-state index in [-0.39, 0.29) is 12.5 Å².